The predicted octanol–water partition coefficient (Wildman–Crippen LogP) is 5.58. The minimum absolute atomic E-state index is 0.00560. The topological polar surface area (TPSA) is 32.3 Å². The summed E-state index contributed by atoms with van der Waals surface area (Å²) >= 11 is 1.73. The molecule has 2 aliphatic rings. The lowest BCUT2D eigenvalue weighted by molar-refractivity contribution is 0.229. The number of para-hydroxylation sites is 2. The van der Waals surface area contributed by atoms with Crippen LogP contribution in [0.3, 0.4) is 0 Å². The van der Waals surface area contributed by atoms with Gasteiger partial charge in [0.15, 0.2) is 0 Å². The van der Waals surface area contributed by atoms with Gasteiger partial charge in [-0.1, -0.05) is 55.8 Å². The van der Waals surface area contributed by atoms with Gasteiger partial charge in [-0.2, -0.15) is 0 Å². The third-order valence-electron chi connectivity index (χ3n) is 5.06. The Labute approximate surface area is 147 Å². The molecule has 2 aromatic carbocycles. The summed E-state index contributed by atoms with van der Waals surface area (Å²) < 4.78 is 0. The first-order valence-electron chi connectivity index (χ1n) is 8.70. The molecular formula is C20H22N2OS. The Hall–Kier alpha value is -1.94. The molecule has 1 heterocycles. The number of amides is 2. The van der Waals surface area contributed by atoms with Crippen LogP contribution in [0.2, 0.25) is 0 Å². The van der Waals surface area contributed by atoms with E-state index < -0.39 is 0 Å². The average molecular weight is 338 g/mol. The van der Waals surface area contributed by atoms with Crippen molar-refractivity contribution >= 4 is 29.2 Å². The SMILES string of the molecule is C[C@H]1CCCC[C@H]1NC(=O)N1c2ccccc2Sc2ccccc21. The van der Waals surface area contributed by atoms with E-state index in [1.165, 1.54) is 19.3 Å². The fourth-order valence-corrected chi connectivity index (χ4v) is 4.74. The van der Waals surface area contributed by atoms with Crippen LogP contribution in [0.1, 0.15) is 32.6 Å². The van der Waals surface area contributed by atoms with Crippen LogP contribution in [0.5, 0.6) is 0 Å². The van der Waals surface area contributed by atoms with Crippen molar-refractivity contribution in [2.75, 3.05) is 4.90 Å². The van der Waals surface area contributed by atoms with Crippen molar-refractivity contribution in [3.63, 3.8) is 0 Å². The number of hydrogen-bond acceptors (Lipinski definition) is 2. The minimum atomic E-state index is -0.00560. The van der Waals surface area contributed by atoms with Gasteiger partial charge >= 0.3 is 6.03 Å². The number of fused-ring (bicyclic) bond motifs is 2. The largest absolute Gasteiger partial charge is 0.334 e. The third-order valence-corrected chi connectivity index (χ3v) is 6.19. The quantitative estimate of drug-likeness (QED) is 0.736. The summed E-state index contributed by atoms with van der Waals surface area (Å²) in [7, 11) is 0. The highest BCUT2D eigenvalue weighted by atomic mass is 32.2. The summed E-state index contributed by atoms with van der Waals surface area (Å²) in [4.78, 5) is 17.2. The Morgan fingerprint density at radius 2 is 1.58 bits per heavy atom. The number of urea groups is 1. The molecule has 24 heavy (non-hydrogen) atoms. The molecule has 1 aliphatic heterocycles. The van der Waals surface area contributed by atoms with E-state index >= 15 is 0 Å². The van der Waals surface area contributed by atoms with Gasteiger partial charge in [0.1, 0.15) is 0 Å². The Kier molecular flexibility index (Phi) is 4.23. The predicted molar refractivity (Wildman–Crippen MR) is 99.1 cm³/mol. The molecule has 1 aliphatic carbocycles. The normalized spacial score (nSPS) is 22.5. The van der Waals surface area contributed by atoms with Crippen LogP contribution in [0, 0.1) is 5.92 Å². The maximum atomic E-state index is 13.1. The molecule has 4 heteroatoms. The Morgan fingerprint density at radius 3 is 2.21 bits per heavy atom. The molecule has 4 rings (SSSR count). The molecule has 3 nitrogen and oxygen atoms in total. The van der Waals surface area contributed by atoms with Gasteiger partial charge in [-0.25, -0.2) is 4.79 Å². The fourth-order valence-electron chi connectivity index (χ4n) is 3.68. The van der Waals surface area contributed by atoms with E-state index in [0.29, 0.717) is 5.92 Å². The van der Waals surface area contributed by atoms with E-state index in [2.05, 4.69) is 24.4 Å². The second kappa shape index (κ2) is 6.52. The lowest BCUT2D eigenvalue weighted by Crippen LogP contribution is -2.47. The number of benzene rings is 2. The van der Waals surface area contributed by atoms with Crippen LogP contribution in [-0.2, 0) is 0 Å². The molecule has 0 unspecified atom stereocenters. The summed E-state index contributed by atoms with van der Waals surface area (Å²) in [5.41, 5.74) is 1.95. The zero-order valence-corrected chi connectivity index (χ0v) is 14.7. The molecule has 124 valence electrons. The van der Waals surface area contributed by atoms with Gasteiger partial charge in [0, 0.05) is 15.8 Å². The minimum Gasteiger partial charge on any atom is -0.334 e. The Bertz CT molecular complexity index is 715. The standard InChI is InChI=1S/C20H22N2OS/c1-14-8-2-3-9-15(14)21-20(23)22-16-10-4-6-12-18(16)24-19-13-7-5-11-17(19)22/h4-7,10-15H,2-3,8-9H2,1H3,(H,21,23)/t14-,15+/m0/s1. The van der Waals surface area contributed by atoms with Gasteiger partial charge in [-0.15, -0.1) is 0 Å². The van der Waals surface area contributed by atoms with Crippen LogP contribution in [0.25, 0.3) is 0 Å². The molecule has 0 aromatic heterocycles. The first-order chi connectivity index (χ1) is 11.7. The van der Waals surface area contributed by atoms with Crippen LogP contribution < -0.4 is 10.2 Å². The Balaban J connectivity index is 1.67. The molecule has 1 N–H and O–H groups in total. The van der Waals surface area contributed by atoms with Crippen molar-refractivity contribution in [1.29, 1.82) is 0 Å². The van der Waals surface area contributed by atoms with Gasteiger partial charge in [-0.3, -0.25) is 4.90 Å². The van der Waals surface area contributed by atoms with Crippen LogP contribution in [-0.4, -0.2) is 12.1 Å². The van der Waals surface area contributed by atoms with Crippen LogP contribution >= 0.6 is 11.8 Å². The second-order valence-corrected chi connectivity index (χ2v) is 7.77. The first-order valence-corrected chi connectivity index (χ1v) is 9.52. The van der Waals surface area contributed by atoms with Crippen molar-refractivity contribution < 1.29 is 4.79 Å². The molecule has 0 radical (unpaired) electrons. The van der Waals surface area contributed by atoms with E-state index in [9.17, 15) is 4.79 Å². The lowest BCUT2D eigenvalue weighted by Gasteiger charge is -2.35. The number of hydrogen-bond donors (Lipinski definition) is 1. The molecule has 2 amide bonds. The monoisotopic (exact) mass is 338 g/mol. The average Bonchev–Trinajstić information content (AvgIpc) is 2.61. The Morgan fingerprint density at radius 1 is 1.00 bits per heavy atom. The summed E-state index contributed by atoms with van der Waals surface area (Å²) in [6.07, 6.45) is 4.77. The maximum Gasteiger partial charge on any atom is 0.326 e. The molecule has 2 aromatic rings. The lowest BCUT2D eigenvalue weighted by atomic mass is 9.86. The fraction of sp³-hybridized carbons (Fsp3) is 0.350. The molecule has 1 saturated carbocycles. The summed E-state index contributed by atoms with van der Waals surface area (Å²) in [5.74, 6) is 0.548. The van der Waals surface area contributed by atoms with Crippen LogP contribution in [0.15, 0.2) is 58.3 Å². The highest BCUT2D eigenvalue weighted by molar-refractivity contribution is 7.99. The summed E-state index contributed by atoms with van der Waals surface area (Å²) in [5, 5.41) is 3.30. The van der Waals surface area contributed by atoms with Gasteiger partial charge in [0.2, 0.25) is 0 Å². The number of nitrogens with zero attached hydrogens (tertiary/aromatic N) is 1. The summed E-state index contributed by atoms with van der Waals surface area (Å²) in [6.45, 7) is 2.25. The third kappa shape index (κ3) is 2.80. The molecule has 2 atom stereocenters. The van der Waals surface area contributed by atoms with Crippen molar-refractivity contribution in [2.45, 2.75) is 48.4 Å². The van der Waals surface area contributed by atoms with Crippen molar-refractivity contribution in [1.82, 2.24) is 5.32 Å². The van der Waals surface area contributed by atoms with E-state index in [-0.39, 0.29) is 12.1 Å². The van der Waals surface area contributed by atoms with Crippen molar-refractivity contribution in [3.05, 3.63) is 48.5 Å². The van der Waals surface area contributed by atoms with Crippen molar-refractivity contribution in [2.24, 2.45) is 5.92 Å². The van der Waals surface area contributed by atoms with Gasteiger partial charge < -0.3 is 5.32 Å². The van der Waals surface area contributed by atoms with E-state index in [1.807, 2.05) is 41.3 Å². The number of carbonyl (C=O) groups excluding carboxylic acids is 1. The smallest absolute Gasteiger partial charge is 0.326 e. The zero-order chi connectivity index (χ0) is 16.5. The second-order valence-electron chi connectivity index (χ2n) is 6.69. The van der Waals surface area contributed by atoms with Crippen molar-refractivity contribution in [3.8, 4) is 0 Å². The molecule has 0 bridgehead atoms. The number of rotatable bonds is 1. The summed E-state index contributed by atoms with van der Waals surface area (Å²) in [6, 6.07) is 16.5. The number of nitrogens with one attached hydrogen (secondary N) is 1. The zero-order valence-electron chi connectivity index (χ0n) is 13.9. The first kappa shape index (κ1) is 15.6. The molecule has 0 saturated heterocycles. The maximum absolute atomic E-state index is 13.1. The van der Waals surface area contributed by atoms with Gasteiger partial charge in [0.05, 0.1) is 11.4 Å². The highest BCUT2D eigenvalue weighted by Crippen LogP contribution is 2.47. The van der Waals surface area contributed by atoms with E-state index in [1.54, 1.807) is 11.8 Å². The molecule has 0 spiro atoms. The van der Waals surface area contributed by atoms with Crippen LogP contribution in [0.4, 0.5) is 16.2 Å². The van der Waals surface area contributed by atoms with E-state index in [4.69, 9.17) is 0 Å². The molecular weight excluding hydrogens is 316 g/mol. The number of anilines is 2. The highest BCUT2D eigenvalue weighted by Gasteiger charge is 2.30. The number of carbonyl (C=O) groups is 1. The van der Waals surface area contributed by atoms with E-state index in [0.717, 1.165) is 27.6 Å². The van der Waals surface area contributed by atoms with Gasteiger partial charge in [-0.05, 0) is 43.0 Å². The molecule has 1 fully saturated rings. The van der Waals surface area contributed by atoms with Gasteiger partial charge in [0.25, 0.3) is 0 Å².